The van der Waals surface area contributed by atoms with E-state index >= 15 is 0 Å². The van der Waals surface area contributed by atoms with Gasteiger partial charge in [0.05, 0.1) is 11.0 Å². The average Bonchev–Trinajstić information content (AvgIpc) is 2.89. The number of hydrogen-bond acceptors (Lipinski definition) is 4. The normalized spacial score (nSPS) is 52.3. The van der Waals surface area contributed by atoms with Crippen LogP contribution in [0.4, 0.5) is 0 Å². The Morgan fingerprint density at radius 2 is 1.85 bits per heavy atom. The van der Waals surface area contributed by atoms with Crippen LogP contribution in [0.25, 0.3) is 0 Å². The van der Waals surface area contributed by atoms with Crippen molar-refractivity contribution in [2.75, 3.05) is 0 Å². The van der Waals surface area contributed by atoms with E-state index in [9.17, 15) is 14.7 Å². The number of ether oxygens (including phenoxy) is 1. The molecule has 5 bridgehead atoms. The van der Waals surface area contributed by atoms with Gasteiger partial charge in [0, 0.05) is 11.3 Å². The predicted molar refractivity (Wildman–Crippen MR) is 131 cm³/mol. The van der Waals surface area contributed by atoms with Gasteiger partial charge in [-0.2, -0.15) is 0 Å². The van der Waals surface area contributed by atoms with Gasteiger partial charge in [-0.15, -0.1) is 0 Å². The Kier molecular flexibility index (Phi) is 4.32. The fraction of sp³-hybridized carbons (Fsp3) is 0.800. The Labute approximate surface area is 204 Å². The van der Waals surface area contributed by atoms with E-state index in [1.54, 1.807) is 0 Å². The van der Waals surface area contributed by atoms with Gasteiger partial charge in [-0.05, 0) is 82.5 Å². The number of allylic oxidation sites excluding steroid dienone is 4. The number of hydrogen-bond donors (Lipinski definition) is 1. The topological polar surface area (TPSA) is 63.6 Å². The van der Waals surface area contributed by atoms with Crippen LogP contribution < -0.4 is 0 Å². The van der Waals surface area contributed by atoms with Gasteiger partial charge in [-0.25, -0.2) is 0 Å². The molecular formula is C30H42O4. The van der Waals surface area contributed by atoms with E-state index in [1.165, 1.54) is 5.57 Å². The second-order valence-corrected chi connectivity index (χ2v) is 14.1. The quantitative estimate of drug-likeness (QED) is 0.414. The molecule has 1 saturated heterocycles. The number of carbonyl (C=O) groups is 2. The van der Waals surface area contributed by atoms with E-state index in [2.05, 4.69) is 46.8 Å². The molecule has 5 saturated carbocycles. The molecule has 6 fully saturated rings. The Bertz CT molecular complexity index is 1060. The first-order valence-electron chi connectivity index (χ1n) is 13.6. The molecule has 34 heavy (non-hydrogen) atoms. The Morgan fingerprint density at radius 1 is 1.15 bits per heavy atom. The lowest BCUT2D eigenvalue weighted by molar-refractivity contribution is -0.328. The molecular weight excluding hydrogens is 424 g/mol. The SMILES string of the molecule is CC(C)=C[C@@H]1[C@H]2C(C)=CCC34CC[C@H]5C(C)(C)CCC[C@]56C[C@]23[C@@](O)(O6)C(=O)[C@@]1(C(C)C)C4=O. The van der Waals surface area contributed by atoms with Crippen molar-refractivity contribution in [1.29, 1.82) is 0 Å². The molecule has 1 aliphatic heterocycles. The van der Waals surface area contributed by atoms with Gasteiger partial charge in [0.15, 0.2) is 5.78 Å². The van der Waals surface area contributed by atoms with Crippen LogP contribution in [0.15, 0.2) is 23.3 Å². The van der Waals surface area contributed by atoms with Crippen molar-refractivity contribution in [3.8, 4) is 0 Å². The average molecular weight is 467 g/mol. The lowest BCUT2D eigenvalue weighted by atomic mass is 9.28. The third-order valence-electron chi connectivity index (χ3n) is 11.8. The van der Waals surface area contributed by atoms with Crippen LogP contribution in [0.3, 0.4) is 0 Å². The minimum Gasteiger partial charge on any atom is -0.359 e. The zero-order chi connectivity index (χ0) is 24.7. The van der Waals surface area contributed by atoms with Crippen LogP contribution in [-0.4, -0.2) is 28.1 Å². The molecule has 0 aromatic carbocycles. The summed E-state index contributed by atoms with van der Waals surface area (Å²) in [6, 6.07) is 0. The molecule has 6 aliphatic carbocycles. The van der Waals surface area contributed by atoms with E-state index in [0.29, 0.717) is 12.8 Å². The molecule has 8 atom stereocenters. The molecule has 0 aromatic rings. The molecule has 7 aliphatic rings. The van der Waals surface area contributed by atoms with Crippen LogP contribution in [0, 0.1) is 45.3 Å². The smallest absolute Gasteiger partial charge is 0.235 e. The third-order valence-corrected chi connectivity index (χ3v) is 11.8. The van der Waals surface area contributed by atoms with Crippen molar-refractivity contribution in [2.45, 2.75) is 105 Å². The molecule has 0 aromatic heterocycles. The van der Waals surface area contributed by atoms with Crippen molar-refractivity contribution in [1.82, 2.24) is 0 Å². The van der Waals surface area contributed by atoms with Gasteiger partial charge < -0.3 is 9.84 Å². The van der Waals surface area contributed by atoms with Crippen LogP contribution in [0.2, 0.25) is 0 Å². The second-order valence-electron chi connectivity index (χ2n) is 14.1. The molecule has 4 heteroatoms. The van der Waals surface area contributed by atoms with Crippen molar-refractivity contribution in [2.24, 2.45) is 45.3 Å². The Balaban J connectivity index is 1.73. The van der Waals surface area contributed by atoms with Crippen LogP contribution in [0.1, 0.15) is 93.4 Å². The van der Waals surface area contributed by atoms with E-state index < -0.39 is 27.6 Å². The summed E-state index contributed by atoms with van der Waals surface area (Å²) in [4.78, 5) is 29.7. The summed E-state index contributed by atoms with van der Waals surface area (Å²) >= 11 is 0. The van der Waals surface area contributed by atoms with E-state index in [4.69, 9.17) is 4.74 Å². The standard InChI is InChI=1S/C30H42O4/c1-17(2)15-20-22-19(5)9-13-26-14-10-21-25(6,7)11-8-12-27(21)16-28(22,26)30(33,34-27)24(32)29(20,18(3)4)23(26)31/h9,15,18,20-22,33H,8,10-14,16H2,1-7H3/t20-,21+,22-,26?,27+,28+,29-,30+/m1/s1. The third kappa shape index (κ3) is 2.07. The fourth-order valence-corrected chi connectivity index (χ4v) is 10.9. The summed E-state index contributed by atoms with van der Waals surface area (Å²) in [5.74, 6) is -2.34. The second kappa shape index (κ2) is 6.35. The predicted octanol–water partition coefficient (Wildman–Crippen LogP) is 5.78. The maximum atomic E-state index is 15.0. The van der Waals surface area contributed by atoms with E-state index in [-0.39, 0.29) is 40.7 Å². The highest BCUT2D eigenvalue weighted by Gasteiger charge is 2.92. The highest BCUT2D eigenvalue weighted by molar-refractivity contribution is 6.18. The first-order chi connectivity index (χ1) is 15.8. The Morgan fingerprint density at radius 3 is 2.50 bits per heavy atom. The Hall–Kier alpha value is -1.26. The van der Waals surface area contributed by atoms with Gasteiger partial charge >= 0.3 is 0 Å². The molecule has 4 nitrogen and oxygen atoms in total. The maximum Gasteiger partial charge on any atom is 0.235 e. The van der Waals surface area contributed by atoms with Crippen molar-refractivity contribution in [3.63, 3.8) is 0 Å². The lowest BCUT2D eigenvalue weighted by Gasteiger charge is -2.72. The zero-order valence-electron chi connectivity index (χ0n) is 22.1. The molecule has 1 N–H and O–H groups in total. The summed E-state index contributed by atoms with van der Waals surface area (Å²) in [5, 5.41) is 12.7. The fourth-order valence-electron chi connectivity index (χ4n) is 10.9. The summed E-state index contributed by atoms with van der Waals surface area (Å²) in [6.45, 7) is 15.0. The van der Waals surface area contributed by atoms with E-state index in [0.717, 1.165) is 37.7 Å². The number of Topliss-reactive ketones (excluding diaryl/α,β-unsaturated/α-hetero) is 2. The van der Waals surface area contributed by atoms with Crippen LogP contribution >= 0.6 is 0 Å². The van der Waals surface area contributed by atoms with Crippen molar-refractivity contribution >= 4 is 11.6 Å². The summed E-state index contributed by atoms with van der Waals surface area (Å²) in [6.07, 6.45) is 10.5. The minimum absolute atomic E-state index is 0.0536. The molecule has 7 rings (SSSR count). The molecule has 0 radical (unpaired) electrons. The van der Waals surface area contributed by atoms with Gasteiger partial charge in [-0.1, -0.05) is 57.4 Å². The highest BCUT2D eigenvalue weighted by atomic mass is 16.7. The van der Waals surface area contributed by atoms with Gasteiger partial charge in [0.2, 0.25) is 11.6 Å². The van der Waals surface area contributed by atoms with Gasteiger partial charge in [0.25, 0.3) is 0 Å². The number of ketones is 2. The molecule has 1 unspecified atom stereocenters. The first kappa shape index (κ1) is 23.2. The zero-order valence-corrected chi connectivity index (χ0v) is 22.1. The monoisotopic (exact) mass is 466 g/mol. The van der Waals surface area contributed by atoms with Gasteiger partial charge in [-0.3, -0.25) is 9.59 Å². The van der Waals surface area contributed by atoms with Crippen LogP contribution in [0.5, 0.6) is 0 Å². The van der Waals surface area contributed by atoms with Gasteiger partial charge in [0.1, 0.15) is 5.41 Å². The number of carbonyl (C=O) groups excluding carboxylic acids is 2. The summed E-state index contributed by atoms with van der Waals surface area (Å²) < 4.78 is 6.95. The summed E-state index contributed by atoms with van der Waals surface area (Å²) in [5.41, 5.74) is -0.952. The molecule has 0 amide bonds. The largest absolute Gasteiger partial charge is 0.359 e. The molecule has 186 valence electrons. The molecule has 1 heterocycles. The maximum absolute atomic E-state index is 15.0. The summed E-state index contributed by atoms with van der Waals surface area (Å²) in [7, 11) is 0. The van der Waals surface area contributed by atoms with Crippen LogP contribution in [-0.2, 0) is 14.3 Å². The lowest BCUT2D eigenvalue weighted by Crippen LogP contribution is -2.84. The molecule has 2 spiro atoms. The van der Waals surface area contributed by atoms with Crippen molar-refractivity contribution in [3.05, 3.63) is 23.3 Å². The first-order valence-corrected chi connectivity index (χ1v) is 13.6. The van der Waals surface area contributed by atoms with Crippen molar-refractivity contribution < 1.29 is 19.4 Å². The number of aliphatic hydroxyl groups is 1. The minimum atomic E-state index is -1.89. The highest BCUT2D eigenvalue weighted by Crippen LogP contribution is 2.84. The van der Waals surface area contributed by atoms with E-state index in [1.807, 2.05) is 13.8 Å². The number of rotatable bonds is 2.